The molecule has 0 spiro atoms. The van der Waals surface area contributed by atoms with Crippen molar-refractivity contribution in [2.75, 3.05) is 20.8 Å². The Bertz CT molecular complexity index is 1010. The lowest BCUT2D eigenvalue weighted by Crippen LogP contribution is -2.09. The van der Waals surface area contributed by atoms with Gasteiger partial charge in [-0.3, -0.25) is 0 Å². The number of aromatic nitrogens is 2. The van der Waals surface area contributed by atoms with Crippen molar-refractivity contribution in [3.8, 4) is 17.1 Å². The van der Waals surface area contributed by atoms with E-state index in [9.17, 15) is 13.2 Å². The molecule has 0 atom stereocenters. The molecular weight excluding hydrogens is 449 g/mol. The predicted octanol–water partition coefficient (Wildman–Crippen LogP) is 6.26. The van der Waals surface area contributed by atoms with E-state index in [1.54, 1.807) is 11.7 Å². The molecule has 0 unspecified atom stereocenters. The largest absolute Gasteiger partial charge is 0.494 e. The second-order valence-electron chi connectivity index (χ2n) is 6.99. The first-order valence-corrected chi connectivity index (χ1v) is 9.91. The summed E-state index contributed by atoms with van der Waals surface area (Å²) in [5.41, 5.74) is 1.20. The number of ether oxygens (including phenoxy) is 2. The van der Waals surface area contributed by atoms with Crippen LogP contribution in [0.2, 0.25) is 0 Å². The highest BCUT2D eigenvalue weighted by atomic mass is 79.9. The molecule has 2 aromatic carbocycles. The summed E-state index contributed by atoms with van der Waals surface area (Å²) in [6.07, 6.45) is -4.57. The first-order chi connectivity index (χ1) is 13.7. The van der Waals surface area contributed by atoms with Gasteiger partial charge in [-0.15, -0.1) is 0 Å². The van der Waals surface area contributed by atoms with Gasteiger partial charge in [0.2, 0.25) is 0 Å². The molecule has 1 aromatic heterocycles. The Kier molecular flexibility index (Phi) is 6.24. The Balaban J connectivity index is 2.34. The molecule has 4 nitrogen and oxygen atoms in total. The summed E-state index contributed by atoms with van der Waals surface area (Å²) < 4.78 is 53.6. The molecule has 1 heterocycles. The van der Waals surface area contributed by atoms with Crippen molar-refractivity contribution in [2.24, 2.45) is 0 Å². The molecule has 0 amide bonds. The molecular formula is C21H22BrF3N2O2. The minimum Gasteiger partial charge on any atom is -0.494 e. The Hall–Kier alpha value is -2.06. The fourth-order valence-corrected chi connectivity index (χ4v) is 3.93. The quantitative estimate of drug-likeness (QED) is 0.426. The number of fused-ring (bicyclic) bond motifs is 1. The van der Waals surface area contributed by atoms with E-state index in [1.165, 1.54) is 13.2 Å². The van der Waals surface area contributed by atoms with Gasteiger partial charge in [0.25, 0.3) is 0 Å². The number of alkyl halides is 3. The zero-order chi connectivity index (χ0) is 21.3. The van der Waals surface area contributed by atoms with Crippen molar-refractivity contribution in [3.63, 3.8) is 0 Å². The van der Waals surface area contributed by atoms with E-state index in [1.807, 2.05) is 24.3 Å². The SMILES string of the molecule is COCCn1c(-c2ccc(C(C)C)cc2)nc2c(C(F)(F)F)c(Br)cc(OC)c21. The third-order valence-electron chi connectivity index (χ3n) is 4.79. The van der Waals surface area contributed by atoms with Gasteiger partial charge in [0.1, 0.15) is 22.6 Å². The molecule has 0 aliphatic carbocycles. The number of halogens is 4. The van der Waals surface area contributed by atoms with Crippen molar-refractivity contribution in [2.45, 2.75) is 32.5 Å². The molecule has 0 radical (unpaired) electrons. The van der Waals surface area contributed by atoms with Crippen molar-refractivity contribution in [3.05, 3.63) is 45.9 Å². The number of rotatable bonds is 6. The molecule has 156 valence electrons. The smallest absolute Gasteiger partial charge is 0.419 e. The zero-order valence-electron chi connectivity index (χ0n) is 16.6. The van der Waals surface area contributed by atoms with Gasteiger partial charge in [-0.1, -0.05) is 38.1 Å². The maximum Gasteiger partial charge on any atom is 0.419 e. The number of nitrogens with zero attached hydrogens (tertiary/aromatic N) is 2. The average Bonchev–Trinajstić information content (AvgIpc) is 3.03. The summed E-state index contributed by atoms with van der Waals surface area (Å²) in [6, 6.07) is 9.04. The highest BCUT2D eigenvalue weighted by Crippen LogP contribution is 2.44. The van der Waals surface area contributed by atoms with Crippen LogP contribution in [0, 0.1) is 0 Å². The highest BCUT2D eigenvalue weighted by molar-refractivity contribution is 9.10. The third kappa shape index (κ3) is 4.14. The third-order valence-corrected chi connectivity index (χ3v) is 5.42. The highest BCUT2D eigenvalue weighted by Gasteiger charge is 2.38. The van der Waals surface area contributed by atoms with Gasteiger partial charge in [-0.2, -0.15) is 13.2 Å². The van der Waals surface area contributed by atoms with Crippen LogP contribution in [0.5, 0.6) is 5.75 Å². The van der Waals surface area contributed by atoms with E-state index in [2.05, 4.69) is 34.8 Å². The first kappa shape index (κ1) is 21.6. The van der Waals surface area contributed by atoms with Gasteiger partial charge in [0, 0.05) is 23.7 Å². The van der Waals surface area contributed by atoms with Gasteiger partial charge in [-0.25, -0.2) is 4.98 Å². The van der Waals surface area contributed by atoms with E-state index < -0.39 is 11.7 Å². The monoisotopic (exact) mass is 470 g/mol. The summed E-state index contributed by atoms with van der Waals surface area (Å²) in [5.74, 6) is 1.10. The lowest BCUT2D eigenvalue weighted by atomic mass is 10.0. The van der Waals surface area contributed by atoms with Crippen LogP contribution in [0.1, 0.15) is 30.9 Å². The van der Waals surface area contributed by atoms with Crippen molar-refractivity contribution in [1.82, 2.24) is 9.55 Å². The van der Waals surface area contributed by atoms with Crippen LogP contribution in [0.15, 0.2) is 34.8 Å². The first-order valence-electron chi connectivity index (χ1n) is 9.12. The van der Waals surface area contributed by atoms with Crippen LogP contribution in [0.25, 0.3) is 22.4 Å². The number of methoxy groups -OCH3 is 2. The number of hydrogen-bond donors (Lipinski definition) is 0. The molecule has 3 rings (SSSR count). The fourth-order valence-electron chi connectivity index (χ4n) is 3.31. The predicted molar refractivity (Wildman–Crippen MR) is 110 cm³/mol. The van der Waals surface area contributed by atoms with Gasteiger partial charge >= 0.3 is 6.18 Å². The van der Waals surface area contributed by atoms with Gasteiger partial charge in [0.15, 0.2) is 0 Å². The molecule has 0 N–H and O–H groups in total. The van der Waals surface area contributed by atoms with Crippen LogP contribution in [-0.2, 0) is 17.5 Å². The maximum atomic E-state index is 13.8. The molecule has 3 aromatic rings. The Labute approximate surface area is 175 Å². The molecule has 0 aliphatic rings. The summed E-state index contributed by atoms with van der Waals surface area (Å²) >= 11 is 3.04. The lowest BCUT2D eigenvalue weighted by Gasteiger charge is -2.14. The molecule has 0 aliphatic heterocycles. The Morgan fingerprint density at radius 3 is 2.31 bits per heavy atom. The minimum absolute atomic E-state index is 0.104. The number of hydrogen-bond acceptors (Lipinski definition) is 3. The standard InChI is InChI=1S/C21H22BrF3N2O2/c1-12(2)13-5-7-14(8-6-13)20-26-18-17(21(23,24)25)15(22)11-16(29-4)19(18)27(20)9-10-28-3/h5-8,11-12H,9-10H2,1-4H3. The minimum atomic E-state index is -4.57. The van der Waals surface area contributed by atoms with Crippen LogP contribution < -0.4 is 4.74 Å². The zero-order valence-corrected chi connectivity index (χ0v) is 18.2. The van der Waals surface area contributed by atoms with Gasteiger partial charge in [0.05, 0.1) is 19.3 Å². The van der Waals surface area contributed by atoms with Crippen molar-refractivity contribution >= 4 is 27.0 Å². The second kappa shape index (κ2) is 8.36. The second-order valence-corrected chi connectivity index (χ2v) is 7.84. The van der Waals surface area contributed by atoms with Crippen molar-refractivity contribution in [1.29, 1.82) is 0 Å². The molecule has 0 saturated heterocycles. The van der Waals surface area contributed by atoms with E-state index in [0.717, 1.165) is 11.1 Å². The molecule has 0 bridgehead atoms. The van der Waals surface area contributed by atoms with E-state index in [0.29, 0.717) is 36.2 Å². The average molecular weight is 471 g/mol. The van der Waals surface area contributed by atoms with E-state index in [-0.39, 0.29) is 9.99 Å². The summed E-state index contributed by atoms with van der Waals surface area (Å²) in [5, 5.41) is 0. The van der Waals surface area contributed by atoms with Gasteiger partial charge < -0.3 is 14.0 Å². The molecule has 0 fully saturated rings. The van der Waals surface area contributed by atoms with E-state index in [4.69, 9.17) is 9.47 Å². The van der Waals surface area contributed by atoms with Crippen molar-refractivity contribution < 1.29 is 22.6 Å². The fraction of sp³-hybridized carbons (Fsp3) is 0.381. The Morgan fingerprint density at radius 2 is 1.79 bits per heavy atom. The molecule has 0 saturated carbocycles. The Morgan fingerprint density at radius 1 is 1.14 bits per heavy atom. The van der Waals surface area contributed by atoms with Crippen LogP contribution >= 0.6 is 15.9 Å². The summed E-state index contributed by atoms with van der Waals surface area (Å²) in [7, 11) is 2.98. The number of benzene rings is 2. The van der Waals surface area contributed by atoms with Crippen LogP contribution in [0.3, 0.4) is 0 Å². The molecule has 8 heteroatoms. The van der Waals surface area contributed by atoms with Crippen LogP contribution in [-0.4, -0.2) is 30.4 Å². The van der Waals surface area contributed by atoms with Gasteiger partial charge in [-0.05, 0) is 33.5 Å². The summed E-state index contributed by atoms with van der Waals surface area (Å²) in [4.78, 5) is 4.42. The summed E-state index contributed by atoms with van der Waals surface area (Å²) in [6.45, 7) is 4.83. The molecule has 29 heavy (non-hydrogen) atoms. The van der Waals surface area contributed by atoms with Crippen LogP contribution in [0.4, 0.5) is 13.2 Å². The van der Waals surface area contributed by atoms with E-state index >= 15 is 0 Å². The maximum absolute atomic E-state index is 13.8. The number of imidazole rings is 1. The topological polar surface area (TPSA) is 36.3 Å². The lowest BCUT2D eigenvalue weighted by molar-refractivity contribution is -0.137. The normalized spacial score (nSPS) is 12.2.